The van der Waals surface area contributed by atoms with Crippen molar-refractivity contribution in [2.75, 3.05) is 6.54 Å². The summed E-state index contributed by atoms with van der Waals surface area (Å²) in [7, 11) is 0. The Morgan fingerprint density at radius 1 is 0.800 bits per heavy atom. The predicted octanol–water partition coefficient (Wildman–Crippen LogP) is 13.0. The third-order valence-corrected chi connectivity index (χ3v) is 13.0. The molecule has 5 atom stereocenters. The van der Waals surface area contributed by atoms with Crippen molar-refractivity contribution in [3.8, 4) is 0 Å². The number of piperidine rings is 1. The van der Waals surface area contributed by atoms with E-state index in [2.05, 4.69) is 104 Å². The molecule has 4 heteroatoms. The minimum absolute atomic E-state index is 0.0253. The van der Waals surface area contributed by atoms with Gasteiger partial charge < -0.3 is 4.90 Å². The van der Waals surface area contributed by atoms with Gasteiger partial charge in [0.2, 0.25) is 0 Å². The quantitative estimate of drug-likeness (QED) is 0.237. The van der Waals surface area contributed by atoms with E-state index >= 15 is 0 Å². The van der Waals surface area contributed by atoms with E-state index in [0.29, 0.717) is 11.7 Å². The number of allylic oxidation sites excluding steroid dienone is 8. The molecule has 0 radical (unpaired) electrons. The average Bonchev–Trinajstić information content (AvgIpc) is 3.92. The molecule has 9 rings (SSSR count). The molecule has 2 aromatic heterocycles. The van der Waals surface area contributed by atoms with Crippen LogP contribution in [-0.4, -0.2) is 33.2 Å². The molecule has 0 amide bonds. The van der Waals surface area contributed by atoms with Gasteiger partial charge >= 0.3 is 0 Å². The number of aryl methyl sites for hydroxylation is 1. The van der Waals surface area contributed by atoms with E-state index in [9.17, 15) is 4.79 Å². The summed E-state index contributed by atoms with van der Waals surface area (Å²) in [5, 5.41) is 0. The van der Waals surface area contributed by atoms with E-state index < -0.39 is 0 Å². The van der Waals surface area contributed by atoms with Crippen molar-refractivity contribution in [2.24, 2.45) is 11.3 Å². The van der Waals surface area contributed by atoms with Crippen LogP contribution in [0.4, 0.5) is 0 Å². The third-order valence-electron chi connectivity index (χ3n) is 13.0. The number of rotatable bonds is 6. The fraction of sp³-hybridized carbons (Fsp3) is 0.471. The normalized spacial score (nSPS) is 27.0. The number of carbonyl (C=O) groups is 1. The Morgan fingerprint density at radius 3 is 2.36 bits per heavy atom. The Hall–Kier alpha value is -4.31. The first-order valence-corrected chi connectivity index (χ1v) is 21.6. The SMILES string of the molecule is C=C(c1cccc(C2=C(C)C=CCC2)n1)N1CCCC2CCCCC21.CC.CC.CC12C=CC=CC1(c1cccc(C(=O)C3CCCc4ccccc43)n1)C2. The molecular weight excluding hydrogens is 671 g/mol. The van der Waals surface area contributed by atoms with E-state index in [1.165, 1.54) is 60.8 Å². The number of nitrogens with zero attached hydrogens (tertiary/aromatic N) is 3. The second kappa shape index (κ2) is 18.1. The smallest absolute Gasteiger partial charge is 0.188 e. The van der Waals surface area contributed by atoms with Crippen molar-refractivity contribution >= 4 is 17.1 Å². The Kier molecular flexibility index (Phi) is 13.3. The van der Waals surface area contributed by atoms with Gasteiger partial charge in [0.1, 0.15) is 5.69 Å². The molecule has 3 aromatic rings. The Labute approximate surface area is 332 Å². The summed E-state index contributed by atoms with van der Waals surface area (Å²) in [6, 6.07) is 21.5. The highest BCUT2D eigenvalue weighted by Gasteiger charge is 2.63. The van der Waals surface area contributed by atoms with E-state index in [0.717, 1.165) is 73.8 Å². The number of hydrogen-bond acceptors (Lipinski definition) is 4. The fourth-order valence-electron chi connectivity index (χ4n) is 9.96. The number of likely N-dealkylation sites (tertiary alicyclic amines) is 1. The van der Waals surface area contributed by atoms with E-state index in [4.69, 9.17) is 9.97 Å². The summed E-state index contributed by atoms with van der Waals surface area (Å²) in [6.45, 7) is 18.1. The molecule has 6 aliphatic rings. The molecule has 55 heavy (non-hydrogen) atoms. The number of benzene rings is 1. The first-order valence-electron chi connectivity index (χ1n) is 21.6. The minimum Gasteiger partial charge on any atom is -0.367 e. The van der Waals surface area contributed by atoms with Gasteiger partial charge in [-0.3, -0.25) is 4.79 Å². The van der Waals surface area contributed by atoms with Gasteiger partial charge in [0.05, 0.1) is 22.8 Å². The second-order valence-electron chi connectivity index (χ2n) is 16.1. The van der Waals surface area contributed by atoms with E-state index in [1.807, 2.05) is 45.9 Å². The highest BCUT2D eigenvalue weighted by molar-refractivity contribution is 5.99. The van der Waals surface area contributed by atoms with Crippen LogP contribution in [0.3, 0.4) is 0 Å². The number of aromatic nitrogens is 2. The van der Waals surface area contributed by atoms with Crippen molar-refractivity contribution < 1.29 is 4.79 Å². The maximum absolute atomic E-state index is 13.3. The van der Waals surface area contributed by atoms with Crippen LogP contribution in [0.2, 0.25) is 0 Å². The standard InChI is InChI=1S/C24H23NO.C23H30N2.2C2H6/c1-23-14-4-5-15-24(23,16-23)21-13-7-12-20(25-21)22(26)19-11-6-9-17-8-2-3-10-18(17)19;1-17-9-3-5-12-20(17)22-14-7-13-21(24-22)18(2)25-16-8-11-19-10-4-6-15-23(19)25;2*1-2/h2-5,7-8,10,12-15,19H,6,9,11,16H2,1H3;3,7,9,13-14,19,23H,2,4-6,8,10-12,15-16H2,1H3;2*1-2H3. The molecule has 5 aliphatic carbocycles. The minimum atomic E-state index is -0.0485. The van der Waals surface area contributed by atoms with Gasteiger partial charge in [-0.1, -0.05) is 127 Å². The lowest BCUT2D eigenvalue weighted by Crippen LogP contribution is -2.45. The second-order valence-corrected chi connectivity index (χ2v) is 16.1. The zero-order valence-electron chi connectivity index (χ0n) is 34.6. The lowest BCUT2D eigenvalue weighted by atomic mass is 9.78. The van der Waals surface area contributed by atoms with Crippen LogP contribution < -0.4 is 0 Å². The van der Waals surface area contributed by atoms with Crippen molar-refractivity contribution in [1.82, 2.24) is 14.9 Å². The van der Waals surface area contributed by atoms with Crippen molar-refractivity contribution in [2.45, 2.75) is 136 Å². The molecule has 290 valence electrons. The van der Waals surface area contributed by atoms with Crippen LogP contribution in [0.15, 0.2) is 109 Å². The van der Waals surface area contributed by atoms with Gasteiger partial charge in [-0.2, -0.15) is 0 Å². The van der Waals surface area contributed by atoms with E-state index in [1.54, 1.807) is 0 Å². The molecule has 4 nitrogen and oxygen atoms in total. The molecular formula is C51H65N3O. The molecule has 0 N–H and O–H groups in total. The Morgan fingerprint density at radius 2 is 1.55 bits per heavy atom. The summed E-state index contributed by atoms with van der Waals surface area (Å²) in [5.74, 6) is 0.997. The van der Waals surface area contributed by atoms with Gasteiger partial charge in [-0.25, -0.2) is 9.97 Å². The van der Waals surface area contributed by atoms with Crippen molar-refractivity contribution in [1.29, 1.82) is 0 Å². The Bertz CT molecular complexity index is 1950. The third kappa shape index (κ3) is 8.30. The largest absolute Gasteiger partial charge is 0.367 e. The molecule has 2 saturated carbocycles. The summed E-state index contributed by atoms with van der Waals surface area (Å²) in [5.41, 5.74) is 10.4. The van der Waals surface area contributed by atoms with Crippen LogP contribution in [-0.2, 0) is 11.8 Å². The molecule has 3 heterocycles. The highest BCUT2D eigenvalue weighted by Crippen LogP contribution is 2.67. The maximum Gasteiger partial charge on any atom is 0.188 e. The Balaban J connectivity index is 0.000000172. The monoisotopic (exact) mass is 736 g/mol. The molecule has 1 aliphatic heterocycles. The van der Waals surface area contributed by atoms with Gasteiger partial charge in [0.25, 0.3) is 0 Å². The number of ketones is 1. The lowest BCUT2D eigenvalue weighted by Gasteiger charge is -2.46. The fourth-order valence-corrected chi connectivity index (χ4v) is 9.96. The van der Waals surface area contributed by atoms with Crippen molar-refractivity contribution in [3.05, 3.63) is 143 Å². The number of Topliss-reactive ketones (excluding diaryl/α,β-unsaturated/α-hetero) is 1. The number of fused-ring (bicyclic) bond motifs is 3. The first kappa shape index (κ1) is 40.4. The molecule has 0 spiro atoms. The molecule has 3 fully saturated rings. The average molecular weight is 736 g/mol. The molecule has 5 unspecified atom stereocenters. The van der Waals surface area contributed by atoms with Crippen LogP contribution in [0.25, 0.3) is 11.3 Å². The lowest BCUT2D eigenvalue weighted by molar-refractivity contribution is 0.0945. The van der Waals surface area contributed by atoms with Crippen LogP contribution >= 0.6 is 0 Å². The van der Waals surface area contributed by atoms with Gasteiger partial charge in [0, 0.05) is 29.3 Å². The number of hydrogen-bond donors (Lipinski definition) is 0. The van der Waals surface area contributed by atoms with Gasteiger partial charge in [0.15, 0.2) is 5.78 Å². The molecule has 1 saturated heterocycles. The zero-order chi connectivity index (χ0) is 39.0. The summed E-state index contributed by atoms with van der Waals surface area (Å²) >= 11 is 0. The summed E-state index contributed by atoms with van der Waals surface area (Å²) in [4.78, 5) is 25.8. The highest BCUT2D eigenvalue weighted by atomic mass is 16.1. The predicted molar refractivity (Wildman–Crippen MR) is 232 cm³/mol. The molecule has 1 aromatic carbocycles. The topological polar surface area (TPSA) is 46.1 Å². The van der Waals surface area contributed by atoms with Crippen LogP contribution in [0, 0.1) is 11.3 Å². The van der Waals surface area contributed by atoms with Crippen molar-refractivity contribution in [3.63, 3.8) is 0 Å². The zero-order valence-corrected chi connectivity index (χ0v) is 34.6. The first-order chi connectivity index (χ1) is 26.9. The van der Waals surface area contributed by atoms with Crippen LogP contribution in [0.5, 0.6) is 0 Å². The van der Waals surface area contributed by atoms with Crippen LogP contribution in [0.1, 0.15) is 157 Å². The van der Waals surface area contributed by atoms with E-state index in [-0.39, 0.29) is 22.5 Å². The summed E-state index contributed by atoms with van der Waals surface area (Å²) in [6.07, 6.45) is 27.9. The van der Waals surface area contributed by atoms with Gasteiger partial charge in [-0.15, -0.1) is 0 Å². The number of pyridine rings is 2. The molecule has 0 bridgehead atoms. The maximum atomic E-state index is 13.3. The summed E-state index contributed by atoms with van der Waals surface area (Å²) < 4.78 is 0. The van der Waals surface area contributed by atoms with Gasteiger partial charge in [-0.05, 0) is 124 Å². The number of carbonyl (C=O) groups excluding carboxylic acids is 1.